The summed E-state index contributed by atoms with van der Waals surface area (Å²) in [7, 11) is 1.97. The highest BCUT2D eigenvalue weighted by Crippen LogP contribution is 2.35. The fraction of sp³-hybridized carbons (Fsp3) is 0.409. The Labute approximate surface area is 186 Å². The number of ether oxygens (including phenoxy) is 1. The van der Waals surface area contributed by atoms with E-state index in [1.165, 1.54) is 0 Å². The maximum Gasteiger partial charge on any atom is 0.241 e. The standard InChI is InChI=1S/C22H27ClN6O2/c1-29-12-15-10-16(23)11-18(21(15)26-19(24)13-29)27-28-22(30)14-5-7-17(8-6-14)31-20-4-2-3-9-25-20/h2-4,9-11,14,17,27H,5-8,12-13H2,1H3,(H2,24,26)(H,28,30). The van der Waals surface area contributed by atoms with Crippen molar-refractivity contribution in [2.45, 2.75) is 38.3 Å². The molecule has 0 saturated heterocycles. The number of carbonyl (C=O) groups is 1. The van der Waals surface area contributed by atoms with E-state index in [0.717, 1.165) is 31.2 Å². The molecule has 0 spiro atoms. The average molecular weight is 443 g/mol. The number of pyridine rings is 1. The maximum atomic E-state index is 12.7. The normalized spacial score (nSPS) is 21.4. The summed E-state index contributed by atoms with van der Waals surface area (Å²) in [5, 5.41) is 0.576. The van der Waals surface area contributed by atoms with Crippen LogP contribution in [0.5, 0.6) is 5.88 Å². The second-order valence-electron chi connectivity index (χ2n) is 8.11. The number of halogens is 1. The van der Waals surface area contributed by atoms with Gasteiger partial charge in [-0.3, -0.25) is 20.5 Å². The summed E-state index contributed by atoms with van der Waals surface area (Å²) in [6, 6.07) is 9.24. The van der Waals surface area contributed by atoms with Gasteiger partial charge in [0.1, 0.15) is 11.9 Å². The van der Waals surface area contributed by atoms with Crippen LogP contribution < -0.4 is 21.3 Å². The molecule has 31 heavy (non-hydrogen) atoms. The van der Waals surface area contributed by atoms with Crippen molar-refractivity contribution in [2.75, 3.05) is 19.0 Å². The second-order valence-corrected chi connectivity index (χ2v) is 8.55. The van der Waals surface area contributed by atoms with E-state index in [-0.39, 0.29) is 17.9 Å². The highest BCUT2D eigenvalue weighted by atomic mass is 35.5. The number of rotatable bonds is 5. The summed E-state index contributed by atoms with van der Waals surface area (Å²) in [5.41, 5.74) is 14.2. The number of hydrazine groups is 1. The van der Waals surface area contributed by atoms with E-state index >= 15 is 0 Å². The number of hydrogen-bond donors (Lipinski definition) is 3. The van der Waals surface area contributed by atoms with Crippen molar-refractivity contribution < 1.29 is 9.53 Å². The largest absolute Gasteiger partial charge is 0.474 e. The predicted molar refractivity (Wildman–Crippen MR) is 121 cm³/mol. The van der Waals surface area contributed by atoms with Crippen LogP contribution in [0.3, 0.4) is 0 Å². The maximum absolute atomic E-state index is 12.7. The lowest BCUT2D eigenvalue weighted by atomic mass is 9.87. The monoisotopic (exact) mass is 442 g/mol. The van der Waals surface area contributed by atoms with Gasteiger partial charge in [-0.15, -0.1) is 0 Å². The van der Waals surface area contributed by atoms with E-state index in [0.29, 0.717) is 41.2 Å². The number of aromatic nitrogens is 1. The summed E-state index contributed by atoms with van der Waals surface area (Å²) in [4.78, 5) is 23.5. The lowest BCUT2D eigenvalue weighted by Crippen LogP contribution is -2.38. The van der Waals surface area contributed by atoms with Gasteiger partial charge in [0, 0.05) is 29.7 Å². The fourth-order valence-corrected chi connectivity index (χ4v) is 4.31. The number of likely N-dealkylation sites (N-methyl/N-ethyl adjacent to an activating group) is 1. The smallest absolute Gasteiger partial charge is 0.241 e. The van der Waals surface area contributed by atoms with Gasteiger partial charge in [-0.2, -0.15) is 0 Å². The molecule has 1 aromatic heterocycles. The third-order valence-corrected chi connectivity index (χ3v) is 5.79. The predicted octanol–water partition coefficient (Wildman–Crippen LogP) is 3.25. The lowest BCUT2D eigenvalue weighted by molar-refractivity contribution is -0.125. The second kappa shape index (κ2) is 9.53. The van der Waals surface area contributed by atoms with E-state index in [9.17, 15) is 4.79 Å². The first-order chi connectivity index (χ1) is 15.0. The third kappa shape index (κ3) is 5.45. The van der Waals surface area contributed by atoms with Crippen molar-refractivity contribution in [2.24, 2.45) is 16.6 Å². The molecular formula is C22H27ClN6O2. The van der Waals surface area contributed by atoms with Gasteiger partial charge < -0.3 is 10.5 Å². The van der Waals surface area contributed by atoms with Crippen molar-refractivity contribution >= 4 is 34.7 Å². The molecule has 1 amide bonds. The number of anilines is 1. The molecule has 0 unspecified atom stereocenters. The van der Waals surface area contributed by atoms with Gasteiger partial charge in [0.15, 0.2) is 0 Å². The Hall–Kier alpha value is -2.84. The highest BCUT2D eigenvalue weighted by molar-refractivity contribution is 6.31. The highest BCUT2D eigenvalue weighted by Gasteiger charge is 2.28. The number of amides is 1. The first-order valence-corrected chi connectivity index (χ1v) is 10.8. The van der Waals surface area contributed by atoms with E-state index in [1.807, 2.05) is 31.3 Å². The fourth-order valence-electron chi connectivity index (χ4n) is 4.07. The number of nitrogens with zero attached hydrogens (tertiary/aromatic N) is 3. The summed E-state index contributed by atoms with van der Waals surface area (Å²) in [5.74, 6) is 1.02. The van der Waals surface area contributed by atoms with E-state index in [4.69, 9.17) is 22.1 Å². The molecule has 0 radical (unpaired) electrons. The molecule has 0 atom stereocenters. The van der Waals surface area contributed by atoms with Crippen LogP contribution in [0.15, 0.2) is 41.5 Å². The van der Waals surface area contributed by atoms with E-state index in [2.05, 4.69) is 25.7 Å². The summed E-state index contributed by atoms with van der Waals surface area (Å²) in [6.07, 6.45) is 4.95. The van der Waals surface area contributed by atoms with Crippen LogP contribution in [0.4, 0.5) is 11.4 Å². The first-order valence-electron chi connectivity index (χ1n) is 10.5. The molecule has 1 fully saturated rings. The molecule has 2 aromatic rings. The van der Waals surface area contributed by atoms with Gasteiger partial charge >= 0.3 is 0 Å². The molecule has 1 aliphatic heterocycles. The Morgan fingerprint density at radius 3 is 2.77 bits per heavy atom. The molecular weight excluding hydrogens is 416 g/mol. The van der Waals surface area contributed by atoms with Crippen molar-refractivity contribution in [1.29, 1.82) is 0 Å². The number of fused-ring (bicyclic) bond motifs is 1. The van der Waals surface area contributed by atoms with Gasteiger partial charge in [-0.1, -0.05) is 17.7 Å². The summed E-state index contributed by atoms with van der Waals surface area (Å²) >= 11 is 6.30. The minimum absolute atomic E-state index is 0.0484. The quantitative estimate of drug-likeness (QED) is 0.614. The van der Waals surface area contributed by atoms with Crippen LogP contribution in [0.25, 0.3) is 0 Å². The van der Waals surface area contributed by atoms with Gasteiger partial charge in [0.2, 0.25) is 11.8 Å². The summed E-state index contributed by atoms with van der Waals surface area (Å²) in [6.45, 7) is 1.24. The topological polar surface area (TPSA) is 105 Å². The van der Waals surface area contributed by atoms with Crippen LogP contribution in [0, 0.1) is 5.92 Å². The Kier molecular flexibility index (Phi) is 6.58. The number of nitrogens with two attached hydrogens (primary N) is 1. The third-order valence-electron chi connectivity index (χ3n) is 5.57. The average Bonchev–Trinajstić information content (AvgIpc) is 2.89. The van der Waals surface area contributed by atoms with Crippen molar-refractivity contribution in [3.63, 3.8) is 0 Å². The molecule has 4 rings (SSSR count). The number of benzene rings is 1. The zero-order valence-electron chi connectivity index (χ0n) is 17.5. The van der Waals surface area contributed by atoms with E-state index in [1.54, 1.807) is 12.3 Å². The molecule has 1 aromatic carbocycles. The van der Waals surface area contributed by atoms with E-state index < -0.39 is 0 Å². The SMILES string of the molecule is CN1CC(N)=Nc2c(cc(Cl)cc2NNC(=O)C2CCC(Oc3ccccn3)CC2)C1. The van der Waals surface area contributed by atoms with Crippen molar-refractivity contribution in [3.05, 3.63) is 47.1 Å². The number of carbonyl (C=O) groups excluding carboxylic acids is 1. The van der Waals surface area contributed by atoms with Crippen LogP contribution in [-0.4, -0.2) is 41.3 Å². The molecule has 2 heterocycles. The van der Waals surface area contributed by atoms with Gasteiger partial charge in [0.25, 0.3) is 0 Å². The molecule has 9 heteroatoms. The minimum atomic E-state index is -0.0754. The molecule has 2 aliphatic rings. The number of amidine groups is 1. The van der Waals surface area contributed by atoms with Gasteiger partial charge in [-0.05, 0) is 56.5 Å². The Balaban J connectivity index is 1.35. The van der Waals surface area contributed by atoms with Crippen LogP contribution in [-0.2, 0) is 11.3 Å². The summed E-state index contributed by atoms with van der Waals surface area (Å²) < 4.78 is 5.91. The van der Waals surface area contributed by atoms with Crippen LogP contribution >= 0.6 is 11.6 Å². The lowest BCUT2D eigenvalue weighted by Gasteiger charge is -2.28. The molecule has 164 valence electrons. The molecule has 4 N–H and O–H groups in total. The number of aliphatic imine (C=N–C) groups is 1. The minimum Gasteiger partial charge on any atom is -0.474 e. The van der Waals surface area contributed by atoms with Crippen LogP contribution in [0.1, 0.15) is 31.2 Å². The first kappa shape index (κ1) is 21.4. The molecule has 0 bridgehead atoms. The van der Waals surface area contributed by atoms with Gasteiger partial charge in [0.05, 0.1) is 17.9 Å². The van der Waals surface area contributed by atoms with Crippen molar-refractivity contribution in [1.82, 2.24) is 15.3 Å². The number of nitrogens with one attached hydrogen (secondary N) is 2. The molecule has 1 aliphatic carbocycles. The Bertz CT molecular complexity index is 960. The molecule has 1 saturated carbocycles. The van der Waals surface area contributed by atoms with Crippen molar-refractivity contribution in [3.8, 4) is 5.88 Å². The Morgan fingerprint density at radius 1 is 1.23 bits per heavy atom. The zero-order valence-corrected chi connectivity index (χ0v) is 18.2. The Morgan fingerprint density at radius 2 is 2.03 bits per heavy atom. The van der Waals surface area contributed by atoms with Crippen LogP contribution in [0.2, 0.25) is 5.02 Å². The molecule has 8 nitrogen and oxygen atoms in total. The zero-order chi connectivity index (χ0) is 21.8. The number of hydrogen-bond acceptors (Lipinski definition) is 7. The van der Waals surface area contributed by atoms with Gasteiger partial charge in [-0.25, -0.2) is 9.98 Å².